The van der Waals surface area contributed by atoms with Gasteiger partial charge in [-0.25, -0.2) is 0 Å². The summed E-state index contributed by atoms with van der Waals surface area (Å²) in [6.07, 6.45) is 8.17. The lowest BCUT2D eigenvalue weighted by molar-refractivity contribution is -0.136. The molecule has 0 amide bonds. The van der Waals surface area contributed by atoms with Gasteiger partial charge in [-0.05, 0) is 67.2 Å². The van der Waals surface area contributed by atoms with Crippen molar-refractivity contribution in [3.8, 4) is 0 Å². The monoisotopic (exact) mass is 444 g/mol. The van der Waals surface area contributed by atoms with Crippen LogP contribution in [0.25, 0.3) is 6.08 Å². The summed E-state index contributed by atoms with van der Waals surface area (Å²) >= 11 is 0. The summed E-state index contributed by atoms with van der Waals surface area (Å²) < 4.78 is 0. The van der Waals surface area contributed by atoms with E-state index in [-0.39, 0.29) is 18.4 Å². The lowest BCUT2D eigenvalue weighted by Gasteiger charge is -2.28. The van der Waals surface area contributed by atoms with E-state index in [9.17, 15) is 4.79 Å². The molecule has 1 N–H and O–H groups in total. The largest absolute Gasteiger partial charge is 0.481 e. The molecule has 4 heteroatoms. The van der Waals surface area contributed by atoms with Gasteiger partial charge in [0.1, 0.15) is 0 Å². The van der Waals surface area contributed by atoms with Crippen molar-refractivity contribution < 1.29 is 9.90 Å². The molecule has 4 nitrogen and oxygen atoms in total. The highest BCUT2D eigenvalue weighted by molar-refractivity contribution is 6.05. The number of carbonyl (C=O) groups is 1. The standard InChI is InChI=1S/C29H36N2O2/c1-5-31-25-12-8-10-22(25)23-19-21(13-15-26(23)31)14-16-27(30-18-17-28(32)33)29(3,4)24-11-7-6-9-20(24)2/h6-7,9,11,13-16,19,22,25H,5,8,10,12,17-18H2,1-4H3,(H,32,33)/b16-14+,30-27+. The van der Waals surface area contributed by atoms with Crippen LogP contribution in [0.5, 0.6) is 0 Å². The number of carboxylic acid groups (broad SMARTS) is 1. The van der Waals surface area contributed by atoms with Crippen molar-refractivity contribution in [2.45, 2.75) is 70.8 Å². The number of hydrogen-bond donors (Lipinski definition) is 1. The highest BCUT2D eigenvalue weighted by Gasteiger charge is 2.40. The van der Waals surface area contributed by atoms with Gasteiger partial charge < -0.3 is 10.0 Å². The minimum Gasteiger partial charge on any atom is -0.481 e. The van der Waals surface area contributed by atoms with Crippen LogP contribution in [0, 0.1) is 6.92 Å². The SMILES string of the molecule is CCN1c2ccc(/C=C/C(=N\CCC(=O)O)C(C)(C)c3ccccc3C)cc2C2CCCC21. The van der Waals surface area contributed by atoms with E-state index in [1.807, 2.05) is 6.07 Å². The van der Waals surface area contributed by atoms with E-state index in [2.05, 4.69) is 81.1 Å². The zero-order valence-electron chi connectivity index (χ0n) is 20.3. The number of allylic oxidation sites excluding steroid dienone is 1. The fourth-order valence-electron chi connectivity index (χ4n) is 5.81. The Labute approximate surface area is 198 Å². The Morgan fingerprint density at radius 1 is 1.21 bits per heavy atom. The number of anilines is 1. The highest BCUT2D eigenvalue weighted by Crippen LogP contribution is 2.49. The van der Waals surface area contributed by atoms with Gasteiger partial charge in [-0.1, -0.05) is 56.7 Å². The zero-order chi connectivity index (χ0) is 23.6. The Balaban J connectivity index is 1.66. The maximum Gasteiger partial charge on any atom is 0.305 e. The second kappa shape index (κ2) is 9.54. The van der Waals surface area contributed by atoms with Crippen LogP contribution in [0.1, 0.15) is 74.6 Å². The number of benzene rings is 2. The van der Waals surface area contributed by atoms with E-state index in [1.54, 1.807) is 0 Å². The fraction of sp³-hybridized carbons (Fsp3) is 0.448. The fourth-order valence-corrected chi connectivity index (χ4v) is 5.81. The normalized spacial score (nSPS) is 20.4. The van der Waals surface area contributed by atoms with Gasteiger partial charge in [0.25, 0.3) is 0 Å². The van der Waals surface area contributed by atoms with E-state index in [1.165, 1.54) is 47.2 Å². The van der Waals surface area contributed by atoms with Gasteiger partial charge in [0.2, 0.25) is 0 Å². The Hall–Kier alpha value is -2.88. The number of hydrogen-bond acceptors (Lipinski definition) is 3. The van der Waals surface area contributed by atoms with Crippen LogP contribution in [-0.2, 0) is 10.2 Å². The van der Waals surface area contributed by atoms with E-state index in [0.717, 1.165) is 12.3 Å². The van der Waals surface area contributed by atoms with Gasteiger partial charge in [0, 0.05) is 41.9 Å². The predicted molar refractivity (Wildman–Crippen MR) is 138 cm³/mol. The molecule has 1 aliphatic carbocycles. The molecular formula is C29H36N2O2. The smallest absolute Gasteiger partial charge is 0.305 e. The minimum absolute atomic E-state index is 0.0377. The average molecular weight is 445 g/mol. The van der Waals surface area contributed by atoms with E-state index in [4.69, 9.17) is 10.1 Å². The molecule has 2 unspecified atom stereocenters. The summed E-state index contributed by atoms with van der Waals surface area (Å²) in [5.74, 6) is -0.165. The number of aryl methyl sites for hydroxylation is 1. The molecule has 33 heavy (non-hydrogen) atoms. The van der Waals surface area contributed by atoms with Crippen molar-refractivity contribution in [3.63, 3.8) is 0 Å². The van der Waals surface area contributed by atoms with Gasteiger partial charge in [0.15, 0.2) is 0 Å². The maximum absolute atomic E-state index is 11.1. The Morgan fingerprint density at radius 2 is 2.00 bits per heavy atom. The predicted octanol–water partition coefficient (Wildman–Crippen LogP) is 6.38. The number of likely N-dealkylation sites (N-methyl/N-ethyl adjacent to an activating group) is 1. The number of rotatable bonds is 8. The molecule has 0 radical (unpaired) electrons. The second-order valence-electron chi connectivity index (χ2n) is 9.89. The van der Waals surface area contributed by atoms with E-state index in [0.29, 0.717) is 12.0 Å². The van der Waals surface area contributed by atoms with Gasteiger partial charge in [-0.3, -0.25) is 9.79 Å². The van der Waals surface area contributed by atoms with Crippen LogP contribution in [0.2, 0.25) is 0 Å². The van der Waals surface area contributed by atoms with Crippen LogP contribution in [0.4, 0.5) is 5.69 Å². The van der Waals surface area contributed by atoms with Crippen molar-refractivity contribution in [1.29, 1.82) is 0 Å². The molecule has 2 atom stereocenters. The quantitative estimate of drug-likeness (QED) is 0.481. The summed E-state index contributed by atoms with van der Waals surface area (Å²) in [6.45, 7) is 10.1. The summed E-state index contributed by atoms with van der Waals surface area (Å²) in [7, 11) is 0. The van der Waals surface area contributed by atoms with Crippen molar-refractivity contribution >= 4 is 23.4 Å². The van der Waals surface area contributed by atoms with Crippen LogP contribution in [-0.4, -0.2) is 35.9 Å². The molecule has 0 spiro atoms. The van der Waals surface area contributed by atoms with Gasteiger partial charge in [-0.2, -0.15) is 0 Å². The van der Waals surface area contributed by atoms with Crippen molar-refractivity contribution in [2.75, 3.05) is 18.0 Å². The second-order valence-corrected chi connectivity index (χ2v) is 9.89. The topological polar surface area (TPSA) is 52.9 Å². The van der Waals surface area contributed by atoms with E-state index < -0.39 is 5.97 Å². The molecule has 1 heterocycles. The molecule has 2 aromatic rings. The zero-order valence-corrected chi connectivity index (χ0v) is 20.3. The molecule has 2 aromatic carbocycles. The Kier molecular flexibility index (Phi) is 6.73. The van der Waals surface area contributed by atoms with Gasteiger partial charge in [0.05, 0.1) is 6.42 Å². The van der Waals surface area contributed by atoms with Gasteiger partial charge in [-0.15, -0.1) is 0 Å². The molecule has 4 rings (SSSR count). The molecule has 1 aliphatic heterocycles. The molecule has 1 saturated carbocycles. The maximum atomic E-state index is 11.1. The molecule has 2 aliphatic rings. The van der Waals surface area contributed by atoms with Crippen LogP contribution < -0.4 is 4.90 Å². The first-order chi connectivity index (χ1) is 15.8. The average Bonchev–Trinajstić information content (AvgIpc) is 3.36. The Bertz CT molecular complexity index is 1080. The molecule has 0 bridgehead atoms. The number of fused-ring (bicyclic) bond motifs is 3. The van der Waals surface area contributed by atoms with Crippen molar-refractivity contribution in [3.05, 3.63) is 70.8 Å². The first-order valence-corrected chi connectivity index (χ1v) is 12.2. The number of aliphatic imine (C=N–C) groups is 1. The third kappa shape index (κ3) is 4.62. The molecule has 174 valence electrons. The molecule has 0 aromatic heterocycles. The van der Waals surface area contributed by atoms with Crippen LogP contribution in [0.3, 0.4) is 0 Å². The summed E-state index contributed by atoms with van der Waals surface area (Å²) in [5.41, 5.74) is 7.09. The minimum atomic E-state index is -0.819. The third-order valence-electron chi connectivity index (χ3n) is 7.48. The Morgan fingerprint density at radius 3 is 2.73 bits per heavy atom. The first-order valence-electron chi connectivity index (χ1n) is 12.2. The van der Waals surface area contributed by atoms with Crippen molar-refractivity contribution in [2.24, 2.45) is 4.99 Å². The lowest BCUT2D eigenvalue weighted by atomic mass is 9.77. The van der Waals surface area contributed by atoms with Crippen LogP contribution in [0.15, 0.2) is 53.5 Å². The molecule has 1 fully saturated rings. The number of aliphatic carboxylic acids is 1. The van der Waals surface area contributed by atoms with Gasteiger partial charge >= 0.3 is 5.97 Å². The molecule has 0 saturated heterocycles. The summed E-state index contributed by atoms with van der Waals surface area (Å²) in [5, 5.41) is 9.11. The summed E-state index contributed by atoms with van der Waals surface area (Å²) in [6, 6.07) is 15.9. The van der Waals surface area contributed by atoms with Crippen LogP contribution >= 0.6 is 0 Å². The molecular weight excluding hydrogens is 408 g/mol. The number of nitrogens with zero attached hydrogens (tertiary/aromatic N) is 2. The first kappa shape index (κ1) is 23.3. The summed E-state index contributed by atoms with van der Waals surface area (Å²) in [4.78, 5) is 18.4. The lowest BCUT2D eigenvalue weighted by Crippen LogP contribution is -2.30. The third-order valence-corrected chi connectivity index (χ3v) is 7.48. The highest BCUT2D eigenvalue weighted by atomic mass is 16.4. The van der Waals surface area contributed by atoms with E-state index >= 15 is 0 Å². The number of carboxylic acids is 1. The van der Waals surface area contributed by atoms with Crippen molar-refractivity contribution in [1.82, 2.24) is 0 Å².